The van der Waals surface area contributed by atoms with Gasteiger partial charge in [-0.15, -0.1) is 0 Å². The number of aromatic amines is 1. The third-order valence-corrected chi connectivity index (χ3v) is 3.41. The van der Waals surface area contributed by atoms with Crippen molar-refractivity contribution in [3.05, 3.63) is 33.8 Å². The zero-order valence-electron chi connectivity index (χ0n) is 8.97. The van der Waals surface area contributed by atoms with E-state index >= 15 is 0 Å². The van der Waals surface area contributed by atoms with Gasteiger partial charge in [0.1, 0.15) is 0 Å². The van der Waals surface area contributed by atoms with Crippen molar-refractivity contribution in [2.45, 2.75) is 13.3 Å². The summed E-state index contributed by atoms with van der Waals surface area (Å²) in [5, 5.41) is 10.7. The van der Waals surface area contributed by atoms with Gasteiger partial charge in [0.2, 0.25) is 0 Å². The molecule has 1 aromatic heterocycles. The lowest BCUT2D eigenvalue weighted by Crippen LogP contribution is -1.99. The summed E-state index contributed by atoms with van der Waals surface area (Å²) in [4.78, 5) is 0. The van der Waals surface area contributed by atoms with Crippen LogP contribution in [0.15, 0.2) is 22.7 Å². The van der Waals surface area contributed by atoms with Gasteiger partial charge < -0.3 is 5.32 Å². The number of halogens is 1. The predicted octanol–water partition coefficient (Wildman–Crippen LogP) is 3.18. The smallest absolute Gasteiger partial charge is 0.151 e. The Hall–Kier alpha value is -1.29. The van der Waals surface area contributed by atoms with Crippen LogP contribution in [-0.4, -0.2) is 16.7 Å². The molecule has 0 aliphatic heterocycles. The molecule has 1 aromatic carbocycles. The minimum absolute atomic E-state index is 0.900. The lowest BCUT2D eigenvalue weighted by Gasteiger charge is -2.00. The van der Waals surface area contributed by atoms with E-state index in [4.69, 9.17) is 0 Å². The van der Waals surface area contributed by atoms with E-state index in [1.54, 1.807) is 0 Å². The number of aromatic nitrogens is 2. The minimum Gasteiger partial charge on any atom is -0.369 e. The van der Waals surface area contributed by atoms with Crippen LogP contribution in [0.1, 0.15) is 18.1 Å². The summed E-state index contributed by atoms with van der Waals surface area (Å²) in [7, 11) is 0. The molecule has 82 valence electrons. The molecule has 0 spiro atoms. The zero-order chi connectivity index (χ0) is 11.1. The van der Waals surface area contributed by atoms with Crippen LogP contribution in [0.3, 0.4) is 0 Å². The first-order valence-corrected chi connectivity index (χ1v) is 6.18. The average Bonchev–Trinajstić information content (AvgIpc) is 2.78. The maximum atomic E-state index is 4.30. The molecule has 0 amide bonds. The van der Waals surface area contributed by atoms with Crippen LogP contribution in [-0.2, 0) is 6.42 Å². The van der Waals surface area contributed by atoms with E-state index in [9.17, 15) is 0 Å². The van der Waals surface area contributed by atoms with Gasteiger partial charge in [-0.3, -0.25) is 5.10 Å². The highest BCUT2D eigenvalue weighted by Crippen LogP contribution is 2.39. The van der Waals surface area contributed by atoms with Crippen LogP contribution in [0.4, 0.5) is 5.82 Å². The first-order chi connectivity index (χ1) is 7.79. The summed E-state index contributed by atoms with van der Waals surface area (Å²) in [5.41, 5.74) is 5.08. The molecule has 3 rings (SSSR count). The fourth-order valence-electron chi connectivity index (χ4n) is 2.22. The largest absolute Gasteiger partial charge is 0.369 e. The van der Waals surface area contributed by atoms with Gasteiger partial charge >= 0.3 is 0 Å². The van der Waals surface area contributed by atoms with E-state index in [0.29, 0.717) is 0 Å². The normalized spacial score (nSPS) is 12.4. The third-order valence-electron chi connectivity index (χ3n) is 2.92. The highest BCUT2D eigenvalue weighted by Gasteiger charge is 2.23. The van der Waals surface area contributed by atoms with E-state index in [1.807, 2.05) is 0 Å². The van der Waals surface area contributed by atoms with E-state index in [1.165, 1.54) is 22.4 Å². The van der Waals surface area contributed by atoms with Gasteiger partial charge in [-0.25, -0.2) is 0 Å². The van der Waals surface area contributed by atoms with Crippen molar-refractivity contribution in [3.63, 3.8) is 0 Å². The number of hydrogen-bond acceptors (Lipinski definition) is 2. The van der Waals surface area contributed by atoms with Crippen LogP contribution < -0.4 is 5.32 Å². The number of fused-ring (bicyclic) bond motifs is 3. The summed E-state index contributed by atoms with van der Waals surface area (Å²) in [6, 6.07) is 6.39. The molecule has 0 saturated carbocycles. The van der Waals surface area contributed by atoms with E-state index in [2.05, 4.69) is 56.6 Å². The first-order valence-electron chi connectivity index (χ1n) is 5.39. The van der Waals surface area contributed by atoms with Crippen LogP contribution in [0.5, 0.6) is 0 Å². The first kappa shape index (κ1) is 9.90. The number of nitrogens with one attached hydrogen (secondary N) is 2. The number of rotatable bonds is 2. The van der Waals surface area contributed by atoms with Crippen LogP contribution in [0, 0.1) is 0 Å². The molecule has 1 aliphatic rings. The zero-order valence-corrected chi connectivity index (χ0v) is 10.6. The summed E-state index contributed by atoms with van der Waals surface area (Å²) >= 11 is 3.51. The van der Waals surface area contributed by atoms with Gasteiger partial charge in [0.05, 0.1) is 5.69 Å². The predicted molar refractivity (Wildman–Crippen MR) is 68.7 cm³/mol. The van der Waals surface area contributed by atoms with Crippen LogP contribution in [0.25, 0.3) is 11.3 Å². The molecule has 0 fully saturated rings. The van der Waals surface area contributed by atoms with Gasteiger partial charge in [0.25, 0.3) is 0 Å². The molecule has 1 aliphatic carbocycles. The van der Waals surface area contributed by atoms with Crippen LogP contribution in [0.2, 0.25) is 0 Å². The number of nitrogens with zero attached hydrogens (tertiary/aromatic N) is 1. The molecular weight excluding hydrogens is 266 g/mol. The van der Waals surface area contributed by atoms with Crippen molar-refractivity contribution in [3.8, 4) is 11.3 Å². The highest BCUT2D eigenvalue weighted by molar-refractivity contribution is 9.10. The second-order valence-electron chi connectivity index (χ2n) is 3.93. The monoisotopic (exact) mass is 277 g/mol. The Morgan fingerprint density at radius 3 is 3.19 bits per heavy atom. The molecule has 0 atom stereocenters. The standard InChI is InChI=1S/C12H12BrN3/c1-2-14-12-10-6-7-5-8(13)3-4-9(7)11(10)15-16-12/h3-5H,2,6H2,1H3,(H2,14,15,16). The van der Waals surface area contributed by atoms with Crippen molar-refractivity contribution in [2.24, 2.45) is 0 Å². The van der Waals surface area contributed by atoms with E-state index < -0.39 is 0 Å². The van der Waals surface area contributed by atoms with Crippen molar-refractivity contribution in [1.82, 2.24) is 10.2 Å². The molecule has 2 N–H and O–H groups in total. The van der Waals surface area contributed by atoms with Crippen molar-refractivity contribution >= 4 is 21.7 Å². The number of benzene rings is 1. The molecule has 16 heavy (non-hydrogen) atoms. The highest BCUT2D eigenvalue weighted by atomic mass is 79.9. The lowest BCUT2D eigenvalue weighted by molar-refractivity contribution is 1.06. The number of H-pyrrole nitrogens is 1. The van der Waals surface area contributed by atoms with E-state index in [0.717, 1.165) is 23.3 Å². The van der Waals surface area contributed by atoms with Gasteiger partial charge in [0.15, 0.2) is 5.82 Å². The summed E-state index contributed by atoms with van der Waals surface area (Å²) in [6.07, 6.45) is 0.961. The van der Waals surface area contributed by atoms with Crippen LogP contribution >= 0.6 is 15.9 Å². The van der Waals surface area contributed by atoms with Crippen molar-refractivity contribution in [1.29, 1.82) is 0 Å². The Kier molecular flexibility index (Phi) is 2.24. The molecule has 0 radical (unpaired) electrons. The second-order valence-corrected chi connectivity index (χ2v) is 4.85. The lowest BCUT2D eigenvalue weighted by atomic mass is 10.1. The number of hydrogen-bond donors (Lipinski definition) is 2. The Morgan fingerprint density at radius 1 is 1.50 bits per heavy atom. The molecule has 2 aromatic rings. The minimum atomic E-state index is 0.900. The Labute approximate surface area is 102 Å². The molecule has 3 nitrogen and oxygen atoms in total. The average molecular weight is 278 g/mol. The summed E-state index contributed by atoms with van der Waals surface area (Å²) < 4.78 is 1.13. The third kappa shape index (κ3) is 1.37. The Morgan fingerprint density at radius 2 is 2.38 bits per heavy atom. The molecule has 0 unspecified atom stereocenters. The second kappa shape index (κ2) is 3.63. The SMILES string of the molecule is CCNc1n[nH]c2c1Cc1cc(Br)ccc1-2. The van der Waals surface area contributed by atoms with Crippen molar-refractivity contribution < 1.29 is 0 Å². The Bertz CT molecular complexity index is 545. The molecular formula is C12H12BrN3. The quantitative estimate of drug-likeness (QED) is 0.756. The molecule has 0 saturated heterocycles. The fourth-order valence-corrected chi connectivity index (χ4v) is 2.63. The molecule has 0 bridgehead atoms. The Balaban J connectivity index is 2.10. The number of anilines is 1. The van der Waals surface area contributed by atoms with Gasteiger partial charge in [-0.05, 0) is 24.6 Å². The van der Waals surface area contributed by atoms with E-state index in [-0.39, 0.29) is 0 Å². The summed E-state index contributed by atoms with van der Waals surface area (Å²) in [5.74, 6) is 0.991. The maximum absolute atomic E-state index is 4.30. The van der Waals surface area contributed by atoms with Gasteiger partial charge in [-0.1, -0.05) is 22.0 Å². The topological polar surface area (TPSA) is 40.7 Å². The maximum Gasteiger partial charge on any atom is 0.151 e. The summed E-state index contributed by atoms with van der Waals surface area (Å²) in [6.45, 7) is 2.98. The fraction of sp³-hybridized carbons (Fsp3) is 0.250. The molecule has 1 heterocycles. The molecule has 4 heteroatoms. The van der Waals surface area contributed by atoms with Crippen molar-refractivity contribution in [2.75, 3.05) is 11.9 Å². The van der Waals surface area contributed by atoms with Gasteiger partial charge in [0, 0.05) is 28.6 Å². The van der Waals surface area contributed by atoms with Gasteiger partial charge in [-0.2, -0.15) is 5.10 Å².